The third-order valence-electron chi connectivity index (χ3n) is 2.36. The molecule has 1 aromatic rings. The molecule has 0 aliphatic heterocycles. The molecule has 0 fully saturated rings. The zero-order valence-electron chi connectivity index (χ0n) is 8.94. The summed E-state index contributed by atoms with van der Waals surface area (Å²) in [6, 6.07) is 14.2. The van der Waals surface area contributed by atoms with Crippen molar-refractivity contribution in [1.29, 1.82) is 21.2 Å². The number of nitrogens with one attached hydrogen (secondary N) is 1. The summed E-state index contributed by atoms with van der Waals surface area (Å²) in [6.07, 6.45) is 0.0790. The fraction of sp³-hybridized carbons (Fsp3) is 0.154. The van der Waals surface area contributed by atoms with E-state index >= 15 is 0 Å². The van der Waals surface area contributed by atoms with E-state index in [1.165, 1.54) is 0 Å². The van der Waals surface area contributed by atoms with Crippen molar-refractivity contribution >= 4 is 5.87 Å². The Morgan fingerprint density at radius 1 is 1.12 bits per heavy atom. The second-order valence-corrected chi connectivity index (χ2v) is 3.40. The summed E-state index contributed by atoms with van der Waals surface area (Å²) in [5.74, 6) is 1.88. The number of benzene rings is 1. The van der Waals surface area contributed by atoms with Gasteiger partial charge in [-0.3, -0.25) is 5.41 Å². The van der Waals surface area contributed by atoms with Crippen molar-refractivity contribution in [3.05, 3.63) is 41.5 Å². The normalized spacial score (nSPS) is 9.24. The molecule has 4 nitrogen and oxygen atoms in total. The van der Waals surface area contributed by atoms with Crippen LogP contribution in [0, 0.1) is 44.8 Å². The van der Waals surface area contributed by atoms with Gasteiger partial charge in [0.1, 0.15) is 11.6 Å². The van der Waals surface area contributed by atoms with Gasteiger partial charge in [-0.05, 0) is 11.4 Å². The average molecular weight is 220 g/mol. The fourth-order valence-corrected chi connectivity index (χ4v) is 1.44. The molecule has 1 rings (SSSR count). The van der Waals surface area contributed by atoms with Gasteiger partial charge >= 0.3 is 0 Å². The number of allylic oxidation sites excluding steroid dienone is 1. The molecule has 0 amide bonds. The van der Waals surface area contributed by atoms with Crippen molar-refractivity contribution in [2.24, 2.45) is 5.41 Å². The lowest BCUT2D eigenvalue weighted by atomic mass is 9.78. The topological polar surface area (TPSA) is 95.2 Å². The molecule has 0 saturated carbocycles. The molecule has 80 valence electrons. The second kappa shape index (κ2) is 5.29. The van der Waals surface area contributed by atoms with E-state index in [0.717, 1.165) is 5.56 Å². The number of hydrogen-bond donors (Lipinski definition) is 1. The number of hydrogen-bond acceptors (Lipinski definition) is 4. The van der Waals surface area contributed by atoms with Crippen molar-refractivity contribution in [3.8, 4) is 18.2 Å². The molecular formula is C13H8N4. The lowest BCUT2D eigenvalue weighted by Crippen LogP contribution is -2.22. The Bertz CT molecular complexity index is 561. The molecule has 0 unspecified atom stereocenters. The van der Waals surface area contributed by atoms with E-state index in [2.05, 4.69) is 0 Å². The van der Waals surface area contributed by atoms with E-state index in [1.807, 2.05) is 24.1 Å². The molecule has 0 atom stereocenters. The van der Waals surface area contributed by atoms with Gasteiger partial charge in [0.15, 0.2) is 5.41 Å². The van der Waals surface area contributed by atoms with E-state index in [-0.39, 0.29) is 12.0 Å². The van der Waals surface area contributed by atoms with Crippen molar-refractivity contribution in [2.45, 2.75) is 6.42 Å². The highest BCUT2D eigenvalue weighted by atomic mass is 14.5. The molecule has 0 aliphatic carbocycles. The maximum Gasteiger partial charge on any atom is 0.191 e. The summed E-state index contributed by atoms with van der Waals surface area (Å²) in [4.78, 5) is 0. The fourth-order valence-electron chi connectivity index (χ4n) is 1.44. The largest absolute Gasteiger partial charge is 0.258 e. The highest BCUT2D eigenvalue weighted by Gasteiger charge is 2.36. The standard InChI is InChI=1S/C13H8N4/c14-7-12(8-15)13(9-16,10-17)6-11-4-2-1-3-5-11/h1-5,14H,6H2. The van der Waals surface area contributed by atoms with Crippen LogP contribution in [0.4, 0.5) is 0 Å². The molecule has 1 aromatic carbocycles. The van der Waals surface area contributed by atoms with Gasteiger partial charge in [-0.1, -0.05) is 30.3 Å². The van der Waals surface area contributed by atoms with Crippen LogP contribution >= 0.6 is 0 Å². The minimum Gasteiger partial charge on any atom is -0.258 e. The second-order valence-electron chi connectivity index (χ2n) is 3.40. The highest BCUT2D eigenvalue weighted by molar-refractivity contribution is 5.67. The van der Waals surface area contributed by atoms with Gasteiger partial charge in [0.25, 0.3) is 0 Å². The number of nitrogens with zero attached hydrogens (tertiary/aromatic N) is 3. The number of nitriles is 3. The summed E-state index contributed by atoms with van der Waals surface area (Å²) < 4.78 is 0. The van der Waals surface area contributed by atoms with Crippen LogP contribution in [0.5, 0.6) is 0 Å². The summed E-state index contributed by atoms with van der Waals surface area (Å²) in [7, 11) is 0. The molecule has 1 N–H and O–H groups in total. The van der Waals surface area contributed by atoms with Gasteiger partial charge < -0.3 is 0 Å². The quantitative estimate of drug-likeness (QED) is 0.623. The zero-order valence-corrected chi connectivity index (χ0v) is 8.94. The van der Waals surface area contributed by atoms with Gasteiger partial charge in [-0.25, -0.2) is 0 Å². The summed E-state index contributed by atoms with van der Waals surface area (Å²) in [5.41, 5.74) is -1.12. The molecule has 0 aromatic heterocycles. The van der Waals surface area contributed by atoms with E-state index in [9.17, 15) is 0 Å². The van der Waals surface area contributed by atoms with Gasteiger partial charge in [-0.15, -0.1) is 0 Å². The van der Waals surface area contributed by atoms with Crippen molar-refractivity contribution in [1.82, 2.24) is 0 Å². The van der Waals surface area contributed by atoms with E-state index in [4.69, 9.17) is 21.2 Å². The van der Waals surface area contributed by atoms with Crippen LogP contribution in [0.2, 0.25) is 0 Å². The Hall–Kier alpha value is -2.86. The minimum absolute atomic E-state index is 0.0790. The molecule has 0 radical (unpaired) electrons. The third-order valence-corrected chi connectivity index (χ3v) is 2.36. The first kappa shape index (κ1) is 12.2. The molecule has 0 bridgehead atoms. The van der Waals surface area contributed by atoms with Gasteiger partial charge in [0, 0.05) is 6.42 Å². The average Bonchev–Trinajstić information content (AvgIpc) is 2.40. The van der Waals surface area contributed by atoms with Crippen LogP contribution in [0.15, 0.2) is 35.9 Å². The van der Waals surface area contributed by atoms with Crippen LogP contribution in [0.3, 0.4) is 0 Å². The predicted octanol–water partition coefficient (Wildman–Crippen LogP) is 1.96. The molecule has 0 heterocycles. The highest BCUT2D eigenvalue weighted by Crippen LogP contribution is 2.28. The maximum absolute atomic E-state index is 9.10. The third kappa shape index (κ3) is 2.39. The lowest BCUT2D eigenvalue weighted by Gasteiger charge is -2.15. The molecule has 0 aliphatic rings. The Balaban J connectivity index is 3.23. The Kier molecular flexibility index (Phi) is 3.80. The Labute approximate surface area is 99.2 Å². The first-order valence-electron chi connectivity index (χ1n) is 4.79. The van der Waals surface area contributed by atoms with Crippen molar-refractivity contribution in [3.63, 3.8) is 0 Å². The molecule has 17 heavy (non-hydrogen) atoms. The summed E-state index contributed by atoms with van der Waals surface area (Å²) in [5, 5.41) is 34.0. The lowest BCUT2D eigenvalue weighted by molar-refractivity contribution is 0.637. The Morgan fingerprint density at radius 3 is 2.12 bits per heavy atom. The minimum atomic E-state index is -1.63. The maximum atomic E-state index is 9.10. The van der Waals surface area contributed by atoms with Crippen LogP contribution in [-0.2, 0) is 6.42 Å². The van der Waals surface area contributed by atoms with Crippen LogP contribution in [-0.4, -0.2) is 5.87 Å². The van der Waals surface area contributed by atoms with E-state index < -0.39 is 5.41 Å². The van der Waals surface area contributed by atoms with Gasteiger partial charge in [0.05, 0.1) is 12.1 Å². The Morgan fingerprint density at radius 2 is 1.71 bits per heavy atom. The monoisotopic (exact) mass is 220 g/mol. The van der Waals surface area contributed by atoms with E-state index in [0.29, 0.717) is 0 Å². The predicted molar refractivity (Wildman–Crippen MR) is 60.7 cm³/mol. The molecular weight excluding hydrogens is 212 g/mol. The number of rotatable bonds is 3. The van der Waals surface area contributed by atoms with Crippen LogP contribution in [0.25, 0.3) is 0 Å². The van der Waals surface area contributed by atoms with Crippen LogP contribution in [0.1, 0.15) is 5.56 Å². The van der Waals surface area contributed by atoms with Gasteiger partial charge in [-0.2, -0.15) is 15.8 Å². The molecule has 4 heteroatoms. The van der Waals surface area contributed by atoms with Crippen LogP contribution < -0.4 is 0 Å². The molecule has 0 spiro atoms. The smallest absolute Gasteiger partial charge is 0.191 e. The molecule has 0 saturated heterocycles. The van der Waals surface area contributed by atoms with Crippen molar-refractivity contribution in [2.75, 3.05) is 0 Å². The first-order chi connectivity index (χ1) is 8.22. The summed E-state index contributed by atoms with van der Waals surface area (Å²) in [6.45, 7) is 0. The van der Waals surface area contributed by atoms with E-state index in [1.54, 1.807) is 30.3 Å². The SMILES string of the molecule is N#CC(=C=N)C(C#N)(C#N)Cc1ccccc1. The summed E-state index contributed by atoms with van der Waals surface area (Å²) >= 11 is 0. The van der Waals surface area contributed by atoms with Crippen molar-refractivity contribution < 1.29 is 0 Å². The van der Waals surface area contributed by atoms with Gasteiger partial charge in [0.2, 0.25) is 0 Å². The first-order valence-corrected chi connectivity index (χ1v) is 4.79. The zero-order chi connectivity index (χ0) is 12.7.